The van der Waals surface area contributed by atoms with E-state index in [0.29, 0.717) is 28.6 Å². The van der Waals surface area contributed by atoms with Crippen LogP contribution in [0.5, 0.6) is 5.75 Å². The van der Waals surface area contributed by atoms with Gasteiger partial charge in [-0.25, -0.2) is 0 Å². The molecule has 2 amide bonds. The number of amides is 2. The van der Waals surface area contributed by atoms with Gasteiger partial charge in [-0.1, -0.05) is 11.6 Å². The second kappa shape index (κ2) is 11.1. The quantitative estimate of drug-likeness (QED) is 0.608. The lowest BCUT2D eigenvalue weighted by atomic mass is 10.2. The number of benzene rings is 2. The highest BCUT2D eigenvalue weighted by atomic mass is 35.5. The number of carbonyl (C=O) groups is 3. The van der Waals surface area contributed by atoms with E-state index in [1.165, 1.54) is 6.92 Å². The maximum Gasteiger partial charge on any atom is 0.308 e. The predicted octanol–water partition coefficient (Wildman–Crippen LogP) is 3.43. The molecule has 154 valence electrons. The van der Waals surface area contributed by atoms with Crippen molar-refractivity contribution in [2.24, 2.45) is 0 Å². The van der Waals surface area contributed by atoms with Gasteiger partial charge in [0.2, 0.25) is 0 Å². The summed E-state index contributed by atoms with van der Waals surface area (Å²) in [5.74, 6) is -0.662. The third-order valence-electron chi connectivity index (χ3n) is 3.83. The van der Waals surface area contributed by atoms with Crippen LogP contribution in [0.1, 0.15) is 30.6 Å². The van der Waals surface area contributed by atoms with E-state index in [4.69, 9.17) is 21.1 Å². The Balaban J connectivity index is 1.72. The van der Waals surface area contributed by atoms with Gasteiger partial charge in [0.15, 0.2) is 6.10 Å². The highest BCUT2D eigenvalue weighted by Gasteiger charge is 2.18. The predicted molar refractivity (Wildman–Crippen MR) is 110 cm³/mol. The fraction of sp³-hybridized carbons (Fsp3) is 0.286. The molecule has 0 aromatic heterocycles. The van der Waals surface area contributed by atoms with E-state index in [2.05, 4.69) is 10.6 Å². The molecular formula is C21H23ClN2O5. The summed E-state index contributed by atoms with van der Waals surface area (Å²) in [6.07, 6.45) is -1.03. The molecule has 0 unspecified atom stereocenters. The molecule has 29 heavy (non-hydrogen) atoms. The topological polar surface area (TPSA) is 93.7 Å². The summed E-state index contributed by atoms with van der Waals surface area (Å²) in [6, 6.07) is 13.3. The SMILES string of the molecule is CCOc1ccc(NC(=O)[C@H](C)OC(=O)CCNC(=O)c2ccc(Cl)cc2)cc1. The normalized spacial score (nSPS) is 11.3. The molecule has 2 rings (SSSR count). The lowest BCUT2D eigenvalue weighted by Gasteiger charge is -2.14. The van der Waals surface area contributed by atoms with Crippen molar-refractivity contribution in [2.45, 2.75) is 26.4 Å². The van der Waals surface area contributed by atoms with Crippen molar-refractivity contribution in [1.82, 2.24) is 5.32 Å². The molecule has 0 fully saturated rings. The van der Waals surface area contributed by atoms with Crippen molar-refractivity contribution in [3.05, 3.63) is 59.1 Å². The molecule has 1 atom stereocenters. The van der Waals surface area contributed by atoms with Crippen LogP contribution in [-0.2, 0) is 14.3 Å². The number of nitrogens with one attached hydrogen (secondary N) is 2. The number of ether oxygens (including phenoxy) is 2. The van der Waals surface area contributed by atoms with Gasteiger partial charge in [-0.2, -0.15) is 0 Å². The summed E-state index contributed by atoms with van der Waals surface area (Å²) in [4.78, 5) is 36.0. The van der Waals surface area contributed by atoms with Gasteiger partial charge >= 0.3 is 5.97 Å². The zero-order valence-electron chi connectivity index (χ0n) is 16.2. The van der Waals surface area contributed by atoms with Gasteiger partial charge in [0, 0.05) is 22.8 Å². The van der Waals surface area contributed by atoms with Gasteiger partial charge in [-0.15, -0.1) is 0 Å². The first-order valence-electron chi connectivity index (χ1n) is 9.16. The second-order valence-corrected chi connectivity index (χ2v) is 6.53. The summed E-state index contributed by atoms with van der Waals surface area (Å²) in [5.41, 5.74) is 1.00. The fourth-order valence-electron chi connectivity index (χ4n) is 2.34. The van der Waals surface area contributed by atoms with Crippen molar-refractivity contribution >= 4 is 35.1 Å². The Kier molecular flexibility index (Phi) is 8.48. The minimum absolute atomic E-state index is 0.0556. The van der Waals surface area contributed by atoms with Crippen LogP contribution < -0.4 is 15.4 Å². The average molecular weight is 419 g/mol. The lowest BCUT2D eigenvalue weighted by molar-refractivity contribution is -0.153. The van der Waals surface area contributed by atoms with Crippen LogP contribution in [-0.4, -0.2) is 37.0 Å². The van der Waals surface area contributed by atoms with E-state index < -0.39 is 18.0 Å². The van der Waals surface area contributed by atoms with Gasteiger partial charge in [-0.05, 0) is 62.4 Å². The van der Waals surface area contributed by atoms with Crippen LogP contribution in [0.15, 0.2) is 48.5 Å². The summed E-state index contributed by atoms with van der Waals surface area (Å²) < 4.78 is 10.4. The molecule has 0 saturated heterocycles. The highest BCUT2D eigenvalue weighted by molar-refractivity contribution is 6.30. The number of esters is 1. The molecule has 0 aliphatic heterocycles. The minimum atomic E-state index is -0.971. The number of hydrogen-bond acceptors (Lipinski definition) is 5. The van der Waals surface area contributed by atoms with Crippen LogP contribution >= 0.6 is 11.6 Å². The monoisotopic (exact) mass is 418 g/mol. The van der Waals surface area contributed by atoms with Crippen LogP contribution in [0, 0.1) is 0 Å². The molecule has 2 N–H and O–H groups in total. The van der Waals surface area contributed by atoms with Crippen LogP contribution in [0.3, 0.4) is 0 Å². The summed E-state index contributed by atoms with van der Waals surface area (Å²) in [5, 5.41) is 5.81. The zero-order chi connectivity index (χ0) is 21.2. The Labute approximate surface area is 174 Å². The minimum Gasteiger partial charge on any atom is -0.494 e. The second-order valence-electron chi connectivity index (χ2n) is 6.09. The summed E-state index contributed by atoms with van der Waals surface area (Å²) >= 11 is 5.78. The van der Waals surface area contributed by atoms with Crippen LogP contribution in [0.25, 0.3) is 0 Å². The Morgan fingerprint density at radius 3 is 2.31 bits per heavy atom. The van der Waals surface area contributed by atoms with Crippen LogP contribution in [0.2, 0.25) is 5.02 Å². The Morgan fingerprint density at radius 1 is 1.03 bits per heavy atom. The van der Waals surface area contributed by atoms with E-state index in [0.717, 1.165) is 0 Å². The molecule has 2 aromatic carbocycles. The molecule has 0 spiro atoms. The van der Waals surface area contributed by atoms with Gasteiger partial charge in [-0.3, -0.25) is 14.4 Å². The maximum atomic E-state index is 12.2. The Bertz CT molecular complexity index is 837. The molecule has 7 nitrogen and oxygen atoms in total. The molecule has 0 aliphatic rings. The number of anilines is 1. The van der Waals surface area contributed by atoms with Gasteiger partial charge in [0.25, 0.3) is 11.8 Å². The van der Waals surface area contributed by atoms with E-state index in [1.54, 1.807) is 48.5 Å². The molecule has 2 aromatic rings. The zero-order valence-corrected chi connectivity index (χ0v) is 17.0. The maximum absolute atomic E-state index is 12.2. The number of rotatable bonds is 9. The highest BCUT2D eigenvalue weighted by Crippen LogP contribution is 2.16. The first kappa shape index (κ1) is 22.2. The van der Waals surface area contributed by atoms with Gasteiger partial charge in [0.05, 0.1) is 13.0 Å². The molecule has 0 radical (unpaired) electrons. The number of hydrogen-bond donors (Lipinski definition) is 2. The Morgan fingerprint density at radius 2 is 1.69 bits per heavy atom. The summed E-state index contributed by atoms with van der Waals surface area (Å²) in [7, 11) is 0. The smallest absolute Gasteiger partial charge is 0.308 e. The van der Waals surface area contributed by atoms with Crippen molar-refractivity contribution < 1.29 is 23.9 Å². The van der Waals surface area contributed by atoms with Crippen molar-refractivity contribution in [1.29, 1.82) is 0 Å². The van der Waals surface area contributed by atoms with E-state index in [-0.39, 0.29) is 18.9 Å². The molecule has 0 heterocycles. The fourth-order valence-corrected chi connectivity index (χ4v) is 2.46. The van der Waals surface area contributed by atoms with Crippen molar-refractivity contribution in [3.63, 3.8) is 0 Å². The molecule has 8 heteroatoms. The number of halogens is 1. The molecule has 0 saturated carbocycles. The molecule has 0 aliphatic carbocycles. The van der Waals surface area contributed by atoms with Crippen LogP contribution in [0.4, 0.5) is 5.69 Å². The number of carbonyl (C=O) groups excluding carboxylic acids is 3. The lowest BCUT2D eigenvalue weighted by Crippen LogP contribution is -2.32. The van der Waals surface area contributed by atoms with E-state index >= 15 is 0 Å². The van der Waals surface area contributed by atoms with Gasteiger partial charge < -0.3 is 20.1 Å². The molecular weight excluding hydrogens is 396 g/mol. The Hall–Kier alpha value is -3.06. The first-order chi connectivity index (χ1) is 13.9. The van der Waals surface area contributed by atoms with Crippen molar-refractivity contribution in [2.75, 3.05) is 18.5 Å². The van der Waals surface area contributed by atoms with Crippen molar-refractivity contribution in [3.8, 4) is 5.75 Å². The largest absolute Gasteiger partial charge is 0.494 e. The van der Waals surface area contributed by atoms with Gasteiger partial charge in [0.1, 0.15) is 5.75 Å². The van der Waals surface area contributed by atoms with E-state index in [9.17, 15) is 14.4 Å². The third-order valence-corrected chi connectivity index (χ3v) is 4.08. The average Bonchev–Trinajstić information content (AvgIpc) is 2.70. The first-order valence-corrected chi connectivity index (χ1v) is 9.53. The third kappa shape index (κ3) is 7.46. The summed E-state index contributed by atoms with van der Waals surface area (Å²) in [6.45, 7) is 4.01. The molecule has 0 bridgehead atoms. The van der Waals surface area contributed by atoms with E-state index in [1.807, 2.05) is 6.92 Å². The standard InChI is InChI=1S/C21H23ClN2O5/c1-3-28-18-10-8-17(9-11-18)24-20(26)14(2)29-19(25)12-13-23-21(27)15-4-6-16(22)7-5-15/h4-11,14H,3,12-13H2,1-2H3,(H,23,27)(H,24,26)/t14-/m0/s1.